The largest absolute Gasteiger partial charge is 0.384 e. The van der Waals surface area contributed by atoms with Crippen LogP contribution in [0.25, 0.3) is 0 Å². The Bertz CT molecular complexity index is 556. The average molecular weight is 338 g/mol. The van der Waals surface area contributed by atoms with E-state index in [4.69, 9.17) is 14.0 Å². The van der Waals surface area contributed by atoms with Gasteiger partial charge in [-0.05, 0) is 19.8 Å². The Morgan fingerprint density at radius 3 is 3.00 bits per heavy atom. The molecular formula is C16H26N4O4. The summed E-state index contributed by atoms with van der Waals surface area (Å²) in [6.07, 6.45) is 5.03. The van der Waals surface area contributed by atoms with E-state index in [9.17, 15) is 4.79 Å². The lowest BCUT2D eigenvalue weighted by molar-refractivity contribution is -0.0927. The van der Waals surface area contributed by atoms with Crippen molar-refractivity contribution in [3.05, 3.63) is 11.7 Å². The van der Waals surface area contributed by atoms with Crippen molar-refractivity contribution in [1.82, 2.24) is 20.4 Å². The summed E-state index contributed by atoms with van der Waals surface area (Å²) in [5, 5.41) is 6.85. The van der Waals surface area contributed by atoms with E-state index < -0.39 is 0 Å². The minimum absolute atomic E-state index is 0.103. The molecule has 8 heteroatoms. The maximum Gasteiger partial charge on any atom is 0.318 e. The Morgan fingerprint density at radius 1 is 1.46 bits per heavy atom. The van der Waals surface area contributed by atoms with Crippen LogP contribution in [0, 0.1) is 0 Å². The van der Waals surface area contributed by atoms with Crippen molar-refractivity contribution in [3.8, 4) is 0 Å². The summed E-state index contributed by atoms with van der Waals surface area (Å²) in [5.74, 6) is 1.00. The molecule has 24 heavy (non-hydrogen) atoms. The number of methoxy groups -OCH3 is 1. The van der Waals surface area contributed by atoms with Crippen molar-refractivity contribution in [1.29, 1.82) is 0 Å². The zero-order valence-corrected chi connectivity index (χ0v) is 14.4. The topological polar surface area (TPSA) is 89.7 Å². The molecule has 134 valence electrons. The molecule has 2 fully saturated rings. The third-order valence-corrected chi connectivity index (χ3v) is 4.77. The SMILES string of the molecule is COCCc1noc(C(C)NC(=O)N2CCOC3(CCCC3)C2)n1. The van der Waals surface area contributed by atoms with Gasteiger partial charge in [0.1, 0.15) is 6.04 Å². The third kappa shape index (κ3) is 3.87. The predicted molar refractivity (Wildman–Crippen MR) is 85.5 cm³/mol. The van der Waals surface area contributed by atoms with E-state index in [0.29, 0.717) is 44.4 Å². The number of morpholine rings is 1. The summed E-state index contributed by atoms with van der Waals surface area (Å²) < 4.78 is 16.2. The van der Waals surface area contributed by atoms with Gasteiger partial charge < -0.3 is 24.2 Å². The first-order chi connectivity index (χ1) is 11.6. The van der Waals surface area contributed by atoms with Crippen molar-refractivity contribution in [2.75, 3.05) is 33.4 Å². The average Bonchev–Trinajstić information content (AvgIpc) is 3.23. The fourth-order valence-electron chi connectivity index (χ4n) is 3.42. The molecule has 3 rings (SSSR count). The highest BCUT2D eigenvalue weighted by Gasteiger charge is 2.40. The van der Waals surface area contributed by atoms with E-state index in [1.165, 1.54) is 12.8 Å². The zero-order valence-electron chi connectivity index (χ0n) is 14.4. The quantitative estimate of drug-likeness (QED) is 0.878. The first-order valence-electron chi connectivity index (χ1n) is 8.63. The van der Waals surface area contributed by atoms with Crippen LogP contribution in [-0.2, 0) is 15.9 Å². The summed E-state index contributed by atoms with van der Waals surface area (Å²) in [6, 6.07) is -0.433. The van der Waals surface area contributed by atoms with Gasteiger partial charge in [0.25, 0.3) is 0 Å². The van der Waals surface area contributed by atoms with Crippen LogP contribution in [0.5, 0.6) is 0 Å². The van der Waals surface area contributed by atoms with Gasteiger partial charge in [-0.25, -0.2) is 4.79 Å². The number of hydrogen-bond acceptors (Lipinski definition) is 6. The smallest absolute Gasteiger partial charge is 0.318 e. The summed E-state index contributed by atoms with van der Waals surface area (Å²) in [7, 11) is 1.63. The summed E-state index contributed by atoms with van der Waals surface area (Å²) in [6.45, 7) is 4.26. The molecular weight excluding hydrogens is 312 g/mol. The molecule has 2 amide bonds. The van der Waals surface area contributed by atoms with E-state index in [1.54, 1.807) is 7.11 Å². The van der Waals surface area contributed by atoms with Gasteiger partial charge in [-0.2, -0.15) is 4.98 Å². The van der Waals surface area contributed by atoms with Crippen molar-refractivity contribution in [2.24, 2.45) is 0 Å². The molecule has 1 saturated heterocycles. The Hall–Kier alpha value is -1.67. The molecule has 1 atom stereocenters. The van der Waals surface area contributed by atoms with Crippen molar-refractivity contribution in [3.63, 3.8) is 0 Å². The molecule has 0 aromatic carbocycles. The number of rotatable bonds is 5. The molecule has 1 saturated carbocycles. The lowest BCUT2D eigenvalue weighted by Crippen LogP contribution is -2.55. The van der Waals surface area contributed by atoms with Crippen LogP contribution < -0.4 is 5.32 Å². The van der Waals surface area contributed by atoms with Gasteiger partial charge in [0.2, 0.25) is 5.89 Å². The van der Waals surface area contributed by atoms with Gasteiger partial charge in [-0.1, -0.05) is 18.0 Å². The molecule has 1 aromatic heterocycles. The Labute approximate surface area is 141 Å². The Morgan fingerprint density at radius 2 is 2.25 bits per heavy atom. The van der Waals surface area contributed by atoms with E-state index in [2.05, 4.69) is 15.5 Å². The van der Waals surface area contributed by atoms with Crippen LogP contribution >= 0.6 is 0 Å². The maximum atomic E-state index is 12.6. The first-order valence-corrected chi connectivity index (χ1v) is 8.63. The van der Waals surface area contributed by atoms with E-state index in [0.717, 1.165) is 12.8 Å². The molecule has 0 radical (unpaired) electrons. The number of aromatic nitrogens is 2. The number of ether oxygens (including phenoxy) is 2. The number of carbonyl (C=O) groups excluding carboxylic acids is 1. The van der Waals surface area contributed by atoms with Gasteiger partial charge >= 0.3 is 6.03 Å². The number of hydrogen-bond donors (Lipinski definition) is 1. The standard InChI is InChI=1S/C16H26N4O4/c1-12(14-18-13(19-24-14)5-9-22-2)17-15(21)20-8-10-23-16(11-20)6-3-4-7-16/h12H,3-11H2,1-2H3,(H,17,21). The molecule has 2 aliphatic rings. The van der Waals surface area contributed by atoms with Gasteiger partial charge in [-0.15, -0.1) is 0 Å². The normalized spacial score (nSPS) is 21.2. The third-order valence-electron chi connectivity index (χ3n) is 4.77. The number of nitrogens with one attached hydrogen (secondary N) is 1. The van der Waals surface area contributed by atoms with Crippen LogP contribution in [-0.4, -0.2) is 60.1 Å². The van der Waals surface area contributed by atoms with Crippen LogP contribution in [0.15, 0.2) is 4.52 Å². The molecule has 1 aliphatic heterocycles. The Balaban J connectivity index is 1.54. The van der Waals surface area contributed by atoms with Crippen molar-refractivity contribution in [2.45, 2.75) is 50.7 Å². The van der Waals surface area contributed by atoms with Gasteiger partial charge in [0.15, 0.2) is 5.82 Å². The highest BCUT2D eigenvalue weighted by Crippen LogP contribution is 2.35. The number of amides is 2. The monoisotopic (exact) mass is 338 g/mol. The summed E-state index contributed by atoms with van der Waals surface area (Å²) >= 11 is 0. The van der Waals surface area contributed by atoms with Crippen molar-refractivity contribution < 1.29 is 18.8 Å². The molecule has 0 bridgehead atoms. The summed E-state index contributed by atoms with van der Waals surface area (Å²) in [5.41, 5.74) is -0.128. The van der Waals surface area contributed by atoms with E-state index >= 15 is 0 Å². The lowest BCUT2D eigenvalue weighted by Gasteiger charge is -2.40. The van der Waals surface area contributed by atoms with Crippen LogP contribution in [0.1, 0.15) is 50.4 Å². The maximum absolute atomic E-state index is 12.6. The van der Waals surface area contributed by atoms with Crippen LogP contribution in [0.4, 0.5) is 4.79 Å². The number of carbonyl (C=O) groups is 1. The fourth-order valence-corrected chi connectivity index (χ4v) is 3.42. The molecule has 8 nitrogen and oxygen atoms in total. The number of urea groups is 1. The number of nitrogens with zero attached hydrogens (tertiary/aromatic N) is 3. The van der Waals surface area contributed by atoms with E-state index in [-0.39, 0.29) is 17.7 Å². The van der Waals surface area contributed by atoms with Crippen LogP contribution in [0.3, 0.4) is 0 Å². The zero-order chi connectivity index (χ0) is 17.0. The highest BCUT2D eigenvalue weighted by atomic mass is 16.5. The van der Waals surface area contributed by atoms with Gasteiger partial charge in [0.05, 0.1) is 25.4 Å². The molecule has 1 aromatic rings. The second-order valence-corrected chi connectivity index (χ2v) is 6.62. The second-order valence-electron chi connectivity index (χ2n) is 6.62. The first kappa shape index (κ1) is 17.2. The Kier molecular flexibility index (Phi) is 5.35. The molecule has 2 heterocycles. The fraction of sp³-hybridized carbons (Fsp3) is 0.812. The molecule has 1 unspecified atom stereocenters. The van der Waals surface area contributed by atoms with Crippen molar-refractivity contribution >= 4 is 6.03 Å². The second kappa shape index (κ2) is 7.48. The minimum Gasteiger partial charge on any atom is -0.384 e. The van der Waals surface area contributed by atoms with Gasteiger partial charge in [-0.3, -0.25) is 0 Å². The van der Waals surface area contributed by atoms with Crippen LogP contribution in [0.2, 0.25) is 0 Å². The predicted octanol–water partition coefficient (Wildman–Crippen LogP) is 1.67. The molecule has 1 N–H and O–H groups in total. The van der Waals surface area contributed by atoms with E-state index in [1.807, 2.05) is 11.8 Å². The summed E-state index contributed by atoms with van der Waals surface area (Å²) in [4.78, 5) is 18.7. The minimum atomic E-state index is -0.330. The lowest BCUT2D eigenvalue weighted by atomic mass is 10.00. The van der Waals surface area contributed by atoms with Gasteiger partial charge in [0, 0.05) is 20.1 Å². The molecule has 1 aliphatic carbocycles. The highest BCUT2D eigenvalue weighted by molar-refractivity contribution is 5.74. The molecule has 1 spiro atoms.